The fourth-order valence-electron chi connectivity index (χ4n) is 7.71. The molecule has 1 saturated heterocycles. The Kier molecular flexibility index (Phi) is 10.7. The summed E-state index contributed by atoms with van der Waals surface area (Å²) in [4.78, 5) is 60.5. The fourth-order valence-corrected chi connectivity index (χ4v) is 9.02. The molecule has 2 aromatic rings. The minimum Gasteiger partial charge on any atom is -0.494 e. The maximum atomic E-state index is 15.0. The largest absolute Gasteiger partial charge is 0.494 e. The summed E-state index contributed by atoms with van der Waals surface area (Å²) in [5, 5.41) is 15.8. The van der Waals surface area contributed by atoms with Crippen molar-refractivity contribution >= 4 is 44.6 Å². The van der Waals surface area contributed by atoms with Gasteiger partial charge < -0.3 is 34.9 Å². The summed E-state index contributed by atoms with van der Waals surface area (Å²) in [6.07, 6.45) is 6.00. The van der Waals surface area contributed by atoms with Gasteiger partial charge in [-0.05, 0) is 69.4 Å². The van der Waals surface area contributed by atoms with E-state index in [1.165, 1.54) is 37.4 Å². The van der Waals surface area contributed by atoms with Gasteiger partial charge in [-0.2, -0.15) is 0 Å². The number of aromatic nitrogens is 1. The number of carbonyl (C=O) groups excluding carboxylic acids is 3. The van der Waals surface area contributed by atoms with Crippen LogP contribution in [0, 0.1) is 23.6 Å². The number of sulfonamides is 1. The molecule has 6 rings (SSSR count). The lowest BCUT2D eigenvalue weighted by atomic mass is 9.85. The van der Waals surface area contributed by atoms with E-state index >= 15 is 0 Å². The third-order valence-electron chi connectivity index (χ3n) is 11.5. The number of benzene rings is 1. The Morgan fingerprint density at radius 2 is 1.85 bits per heavy atom. The lowest BCUT2D eigenvalue weighted by molar-refractivity contribution is -0.142. The van der Waals surface area contributed by atoms with Crippen molar-refractivity contribution in [3.63, 3.8) is 0 Å². The highest BCUT2D eigenvalue weighted by atomic mass is 32.2. The van der Waals surface area contributed by atoms with Gasteiger partial charge in [-0.3, -0.25) is 19.1 Å². The van der Waals surface area contributed by atoms with Crippen LogP contribution >= 0.6 is 0 Å². The number of carboxylic acid groups (broad SMARTS) is 1. The zero-order valence-electron chi connectivity index (χ0n) is 31.0. The van der Waals surface area contributed by atoms with Crippen molar-refractivity contribution in [2.24, 2.45) is 17.8 Å². The topological polar surface area (TPSA) is 203 Å². The van der Waals surface area contributed by atoms with Gasteiger partial charge in [0.1, 0.15) is 29.5 Å². The third-order valence-corrected chi connectivity index (χ3v) is 13.6. The number of carbonyl (C=O) groups is 4. The Morgan fingerprint density at radius 1 is 1.13 bits per heavy atom. The quantitative estimate of drug-likeness (QED) is 0.271. The van der Waals surface area contributed by atoms with E-state index in [0.717, 1.165) is 0 Å². The predicted octanol–water partition coefficient (Wildman–Crippen LogP) is 3.65. The second kappa shape index (κ2) is 14.9. The minimum absolute atomic E-state index is 0.00422. The predicted molar refractivity (Wildman–Crippen MR) is 194 cm³/mol. The third kappa shape index (κ3) is 7.51. The van der Waals surface area contributed by atoms with Crippen molar-refractivity contribution in [3.8, 4) is 17.4 Å². The van der Waals surface area contributed by atoms with Gasteiger partial charge in [-0.25, -0.2) is 22.6 Å². The lowest BCUT2D eigenvalue weighted by Gasteiger charge is -2.33. The van der Waals surface area contributed by atoms with Gasteiger partial charge in [0.2, 0.25) is 27.7 Å². The van der Waals surface area contributed by atoms with Crippen LogP contribution < -0.4 is 29.6 Å². The maximum Gasteiger partial charge on any atom is 0.405 e. The number of hydrogen-bond acceptors (Lipinski definition) is 10. The van der Waals surface area contributed by atoms with Crippen LogP contribution in [0.25, 0.3) is 10.8 Å². The van der Waals surface area contributed by atoms with Gasteiger partial charge >= 0.3 is 6.09 Å². The van der Waals surface area contributed by atoms with E-state index < -0.39 is 80.0 Å². The van der Waals surface area contributed by atoms with Crippen LogP contribution in [0.4, 0.5) is 9.18 Å². The standard InChI is InChI=1S/C37H48FN5O10S/c1-6-21-13-20(2)9-7-8-10-22-17-37(22,34(46)42-54(49,50)36(3)11-12-36)41-31(44)27-14-23(19-43(27)33(45)30(21)40-35(47)48)53-32-25-15-26(38)28(51-4)16-24(25)29(52-5)18-39-32/h8,10,15-16,18,20-23,27,30,40H,6-7,9,11-14,17,19H2,1-5H3,(H,41,44)(H,42,46)(H,47,48)/b10-8-/t20-,21+,22+,23+,27-,30-,37+/m0/s1. The van der Waals surface area contributed by atoms with E-state index in [-0.39, 0.29) is 42.3 Å². The first-order valence-corrected chi connectivity index (χ1v) is 19.8. The number of hydrogen-bond donors (Lipinski definition) is 4. The molecule has 0 unspecified atom stereocenters. The maximum absolute atomic E-state index is 15.0. The number of nitrogens with zero attached hydrogens (tertiary/aromatic N) is 2. The van der Waals surface area contributed by atoms with Crippen LogP contribution in [-0.2, 0) is 24.4 Å². The molecule has 3 heterocycles. The van der Waals surface area contributed by atoms with Gasteiger partial charge in [0.05, 0.1) is 37.1 Å². The molecule has 2 aliphatic heterocycles. The van der Waals surface area contributed by atoms with E-state index in [1.807, 2.05) is 26.0 Å². The first kappa shape index (κ1) is 39.0. The number of pyridine rings is 1. The summed E-state index contributed by atoms with van der Waals surface area (Å²) < 4.78 is 59.3. The van der Waals surface area contributed by atoms with Crippen molar-refractivity contribution in [3.05, 3.63) is 36.3 Å². The van der Waals surface area contributed by atoms with Gasteiger partial charge in [0, 0.05) is 17.7 Å². The summed E-state index contributed by atoms with van der Waals surface area (Å²) in [5.41, 5.74) is -1.60. The Morgan fingerprint density at radius 3 is 2.50 bits per heavy atom. The van der Waals surface area contributed by atoms with Gasteiger partial charge in [-0.1, -0.05) is 32.4 Å². The zero-order chi connectivity index (χ0) is 39.2. The normalized spacial score (nSPS) is 30.1. The number of rotatable bonds is 9. The summed E-state index contributed by atoms with van der Waals surface area (Å²) in [5.74, 6) is -3.47. The van der Waals surface area contributed by atoms with E-state index in [4.69, 9.17) is 14.2 Å². The molecule has 54 heavy (non-hydrogen) atoms. The second-order valence-corrected chi connectivity index (χ2v) is 17.4. The van der Waals surface area contributed by atoms with Gasteiger partial charge in [-0.15, -0.1) is 0 Å². The number of nitrogens with one attached hydrogen (secondary N) is 3. The molecule has 4 N–H and O–H groups in total. The minimum atomic E-state index is -4.04. The summed E-state index contributed by atoms with van der Waals surface area (Å²) in [6, 6.07) is 0.164. The number of amides is 4. The molecule has 294 valence electrons. The molecule has 2 saturated carbocycles. The highest BCUT2D eigenvalue weighted by molar-refractivity contribution is 7.91. The van der Waals surface area contributed by atoms with E-state index in [0.29, 0.717) is 49.7 Å². The Bertz CT molecular complexity index is 1970. The molecule has 2 aliphatic carbocycles. The molecular formula is C37H48FN5O10S. The van der Waals surface area contributed by atoms with Crippen LogP contribution in [0.2, 0.25) is 0 Å². The van der Waals surface area contributed by atoms with Gasteiger partial charge in [0.25, 0.3) is 5.91 Å². The average Bonchev–Trinajstić information content (AvgIpc) is 4.01. The Balaban J connectivity index is 1.37. The van der Waals surface area contributed by atoms with Crippen molar-refractivity contribution in [1.82, 2.24) is 25.2 Å². The van der Waals surface area contributed by atoms with Gasteiger partial charge in [0.15, 0.2) is 11.6 Å². The SMILES string of the molecule is CC[C@@H]1C[C@@H](C)CC/C=C\[C@@H]2C[C@@]2(C(=O)NS(=O)(=O)C2(C)CC2)NC(=O)[C@@H]2C[C@@H](Oc3ncc(OC)c4cc(OC)c(F)cc34)CN2C(=O)[C@H]1NC(=O)O. The molecule has 7 atom stereocenters. The van der Waals surface area contributed by atoms with Crippen LogP contribution in [-0.4, -0.2) is 96.5 Å². The number of methoxy groups -OCH3 is 2. The zero-order valence-corrected chi connectivity index (χ0v) is 31.8. The monoisotopic (exact) mass is 773 g/mol. The lowest BCUT2D eigenvalue weighted by Crippen LogP contribution is -2.59. The summed E-state index contributed by atoms with van der Waals surface area (Å²) in [6.45, 7) is 5.27. The molecular weight excluding hydrogens is 725 g/mol. The Hall–Kier alpha value is -4.67. The van der Waals surface area contributed by atoms with Crippen molar-refractivity contribution < 1.29 is 51.3 Å². The Labute approximate surface area is 313 Å². The average molecular weight is 774 g/mol. The molecule has 4 aliphatic rings. The summed E-state index contributed by atoms with van der Waals surface area (Å²) >= 11 is 0. The van der Waals surface area contributed by atoms with Crippen LogP contribution in [0.1, 0.15) is 72.1 Å². The molecule has 0 spiro atoms. The van der Waals surface area contributed by atoms with Crippen molar-refractivity contribution in [2.45, 2.75) is 101 Å². The number of fused-ring (bicyclic) bond motifs is 3. The van der Waals surface area contributed by atoms with Crippen molar-refractivity contribution in [2.75, 3.05) is 20.8 Å². The van der Waals surface area contributed by atoms with Crippen LogP contribution in [0.5, 0.6) is 17.4 Å². The number of halogens is 1. The highest BCUT2D eigenvalue weighted by Gasteiger charge is 2.63. The molecule has 3 fully saturated rings. The molecule has 0 bridgehead atoms. The van der Waals surface area contributed by atoms with Crippen molar-refractivity contribution in [1.29, 1.82) is 0 Å². The first-order chi connectivity index (χ1) is 25.6. The molecule has 0 radical (unpaired) electrons. The highest BCUT2D eigenvalue weighted by Crippen LogP contribution is 2.48. The molecule has 4 amide bonds. The smallest absolute Gasteiger partial charge is 0.405 e. The number of ether oxygens (including phenoxy) is 3. The molecule has 1 aromatic heterocycles. The molecule has 15 nitrogen and oxygen atoms in total. The molecule has 17 heteroatoms. The molecule has 1 aromatic carbocycles. The first-order valence-electron chi connectivity index (χ1n) is 18.3. The van der Waals surface area contributed by atoms with E-state index in [2.05, 4.69) is 20.3 Å². The van der Waals surface area contributed by atoms with E-state index in [9.17, 15) is 37.1 Å². The number of allylic oxidation sites excluding steroid dienone is 1. The summed E-state index contributed by atoms with van der Waals surface area (Å²) in [7, 11) is -1.28. The second-order valence-electron chi connectivity index (χ2n) is 15.2. The van der Waals surface area contributed by atoms with E-state index in [1.54, 1.807) is 6.92 Å². The van der Waals surface area contributed by atoms with Crippen LogP contribution in [0.3, 0.4) is 0 Å². The van der Waals surface area contributed by atoms with Crippen LogP contribution in [0.15, 0.2) is 30.5 Å². The fraction of sp³-hybridized carbons (Fsp3) is 0.595.